The van der Waals surface area contributed by atoms with E-state index in [0.29, 0.717) is 32.4 Å². The fourth-order valence-corrected chi connectivity index (χ4v) is 5.78. The van der Waals surface area contributed by atoms with E-state index in [1.807, 2.05) is 19.1 Å². The molecule has 0 amide bonds. The number of hydrogen-bond donors (Lipinski definition) is 1. The SMILES string of the molecule is Cc1cc(-c2ccc(Cl)c(Cl)c2)nc(-n2cnc(-c3ncc(S(=O)(=O)NC(C)(C)C)s3)c2)n1. The highest BCUT2D eigenvalue weighted by Crippen LogP contribution is 2.30. The smallest absolute Gasteiger partial charge is 0.252 e. The molecule has 0 bridgehead atoms. The number of rotatable bonds is 5. The van der Waals surface area contributed by atoms with Gasteiger partial charge in [0.2, 0.25) is 5.95 Å². The van der Waals surface area contributed by atoms with Gasteiger partial charge in [0.25, 0.3) is 10.0 Å². The molecule has 0 aliphatic heterocycles. The zero-order valence-electron chi connectivity index (χ0n) is 18.2. The molecule has 0 unspecified atom stereocenters. The fraction of sp³-hybridized carbons (Fsp3) is 0.238. The van der Waals surface area contributed by atoms with Crippen LogP contribution in [0.1, 0.15) is 26.5 Å². The first-order chi connectivity index (χ1) is 15.4. The van der Waals surface area contributed by atoms with Crippen LogP contribution in [0.4, 0.5) is 0 Å². The summed E-state index contributed by atoms with van der Waals surface area (Å²) in [6, 6.07) is 7.15. The largest absolute Gasteiger partial charge is 0.274 e. The first-order valence-electron chi connectivity index (χ1n) is 9.77. The number of nitrogens with one attached hydrogen (secondary N) is 1. The van der Waals surface area contributed by atoms with Crippen LogP contribution in [0.3, 0.4) is 0 Å². The van der Waals surface area contributed by atoms with Crippen molar-refractivity contribution in [2.75, 3.05) is 0 Å². The lowest BCUT2D eigenvalue weighted by Gasteiger charge is -2.19. The zero-order valence-corrected chi connectivity index (χ0v) is 21.3. The molecule has 0 fully saturated rings. The molecule has 8 nitrogen and oxygen atoms in total. The topological polar surface area (TPSA) is 103 Å². The number of aryl methyl sites for hydroxylation is 1. The number of imidazole rings is 1. The molecule has 4 rings (SSSR count). The van der Waals surface area contributed by atoms with Crippen LogP contribution < -0.4 is 4.72 Å². The van der Waals surface area contributed by atoms with Crippen molar-refractivity contribution < 1.29 is 8.42 Å². The van der Waals surface area contributed by atoms with Crippen LogP contribution in [-0.2, 0) is 10.0 Å². The van der Waals surface area contributed by atoms with E-state index in [2.05, 4.69) is 24.7 Å². The summed E-state index contributed by atoms with van der Waals surface area (Å²) in [7, 11) is -3.67. The molecule has 172 valence electrons. The maximum Gasteiger partial charge on any atom is 0.252 e. The van der Waals surface area contributed by atoms with Gasteiger partial charge in [-0.15, -0.1) is 0 Å². The second-order valence-corrected chi connectivity index (χ2v) is 12.1. The number of aromatic nitrogens is 5. The maximum atomic E-state index is 12.6. The second-order valence-electron chi connectivity index (χ2n) is 8.33. The number of sulfonamides is 1. The molecule has 1 aromatic carbocycles. The number of nitrogens with zero attached hydrogens (tertiary/aromatic N) is 5. The highest BCUT2D eigenvalue weighted by molar-refractivity contribution is 7.91. The standard InChI is InChI=1S/C21H20Cl2N6O2S2/c1-12-7-16(13-5-6-14(22)15(23)8-13)27-20(26-12)29-10-17(25-11-29)19-24-9-18(32-19)33(30,31)28-21(2,3)4/h5-11,28H,1-4H3. The van der Waals surface area contributed by atoms with Crippen LogP contribution in [0.5, 0.6) is 0 Å². The molecule has 4 aromatic rings. The van der Waals surface area contributed by atoms with Crippen LogP contribution in [-0.4, -0.2) is 38.5 Å². The molecule has 0 atom stereocenters. The third-order valence-electron chi connectivity index (χ3n) is 4.28. The van der Waals surface area contributed by atoms with Gasteiger partial charge in [-0.2, -0.15) is 0 Å². The van der Waals surface area contributed by atoms with E-state index in [9.17, 15) is 8.42 Å². The molecular weight excluding hydrogens is 503 g/mol. The highest BCUT2D eigenvalue weighted by atomic mass is 35.5. The van der Waals surface area contributed by atoms with Gasteiger partial charge in [0.15, 0.2) is 4.21 Å². The van der Waals surface area contributed by atoms with Crippen LogP contribution in [0, 0.1) is 6.92 Å². The highest BCUT2D eigenvalue weighted by Gasteiger charge is 2.25. The molecule has 0 aliphatic carbocycles. The predicted molar refractivity (Wildman–Crippen MR) is 131 cm³/mol. The summed E-state index contributed by atoms with van der Waals surface area (Å²) in [6.07, 6.45) is 4.60. The first kappa shape index (κ1) is 23.8. The summed E-state index contributed by atoms with van der Waals surface area (Å²) in [5, 5.41) is 1.38. The monoisotopic (exact) mass is 522 g/mol. The van der Waals surface area contributed by atoms with Gasteiger partial charge in [0.1, 0.15) is 17.0 Å². The second kappa shape index (κ2) is 8.77. The van der Waals surface area contributed by atoms with E-state index < -0.39 is 15.6 Å². The summed E-state index contributed by atoms with van der Waals surface area (Å²) < 4.78 is 29.5. The Morgan fingerprint density at radius 3 is 2.48 bits per heavy atom. The molecule has 12 heteroatoms. The average molecular weight is 523 g/mol. The Hall–Kier alpha value is -2.37. The van der Waals surface area contributed by atoms with Crippen molar-refractivity contribution in [3.05, 3.63) is 58.7 Å². The minimum atomic E-state index is -3.67. The molecule has 1 N–H and O–H groups in total. The third-order valence-corrected chi connectivity index (χ3v) is 8.26. The van der Waals surface area contributed by atoms with Gasteiger partial charge in [-0.05, 0) is 45.9 Å². The number of halogens is 2. The molecule has 0 saturated carbocycles. The van der Waals surface area contributed by atoms with Gasteiger partial charge in [0, 0.05) is 23.0 Å². The number of thiazole rings is 1. The quantitative estimate of drug-likeness (QED) is 0.389. The van der Waals surface area contributed by atoms with Gasteiger partial charge in [0.05, 0.1) is 21.9 Å². The van der Waals surface area contributed by atoms with Crippen LogP contribution in [0.15, 0.2) is 47.2 Å². The Morgan fingerprint density at radius 2 is 1.79 bits per heavy atom. The van der Waals surface area contributed by atoms with E-state index in [0.717, 1.165) is 22.6 Å². The summed E-state index contributed by atoms with van der Waals surface area (Å²) in [5.74, 6) is 0.411. The third kappa shape index (κ3) is 5.42. The number of benzene rings is 1. The lowest BCUT2D eigenvalue weighted by Crippen LogP contribution is -2.40. The average Bonchev–Trinajstić information content (AvgIpc) is 3.37. The van der Waals surface area contributed by atoms with Crippen LogP contribution in [0.25, 0.3) is 27.9 Å². The minimum Gasteiger partial charge on any atom is -0.274 e. The van der Waals surface area contributed by atoms with Crippen LogP contribution in [0.2, 0.25) is 10.0 Å². The summed E-state index contributed by atoms with van der Waals surface area (Å²) >= 11 is 13.2. The summed E-state index contributed by atoms with van der Waals surface area (Å²) in [5.41, 5.74) is 2.16. The normalized spacial score (nSPS) is 12.3. The summed E-state index contributed by atoms with van der Waals surface area (Å²) in [4.78, 5) is 17.7. The van der Waals surface area contributed by atoms with Crippen molar-refractivity contribution in [1.29, 1.82) is 0 Å². The molecule has 0 aliphatic rings. The van der Waals surface area contributed by atoms with E-state index in [-0.39, 0.29) is 4.21 Å². The zero-order chi connectivity index (χ0) is 24.0. The molecule has 0 saturated heterocycles. The van der Waals surface area contributed by atoms with Gasteiger partial charge in [-0.3, -0.25) is 4.57 Å². The maximum absolute atomic E-state index is 12.6. The lowest BCUT2D eigenvalue weighted by molar-refractivity contribution is 0.492. The molecule has 3 aromatic heterocycles. The van der Waals surface area contributed by atoms with Crippen molar-refractivity contribution in [1.82, 2.24) is 29.2 Å². The number of hydrogen-bond acceptors (Lipinski definition) is 7. The van der Waals surface area contributed by atoms with Gasteiger partial charge in [-0.25, -0.2) is 33.1 Å². The summed E-state index contributed by atoms with van der Waals surface area (Å²) in [6.45, 7) is 7.21. The molecular formula is C21H20Cl2N6O2S2. The molecule has 0 spiro atoms. The van der Waals surface area contributed by atoms with Gasteiger partial charge >= 0.3 is 0 Å². The van der Waals surface area contributed by atoms with E-state index in [1.165, 1.54) is 6.20 Å². The van der Waals surface area contributed by atoms with Gasteiger partial charge in [-0.1, -0.05) is 40.6 Å². The molecule has 0 radical (unpaired) electrons. The Kier molecular flexibility index (Phi) is 6.32. The first-order valence-corrected chi connectivity index (χ1v) is 12.8. The van der Waals surface area contributed by atoms with Crippen molar-refractivity contribution in [2.24, 2.45) is 0 Å². The van der Waals surface area contributed by atoms with E-state index in [4.69, 9.17) is 23.2 Å². The predicted octanol–water partition coefficient (Wildman–Crippen LogP) is 5.14. The Morgan fingerprint density at radius 1 is 1.03 bits per heavy atom. The minimum absolute atomic E-state index is 0.121. The fourth-order valence-electron chi connectivity index (χ4n) is 2.97. The van der Waals surface area contributed by atoms with Crippen molar-refractivity contribution >= 4 is 44.6 Å². The van der Waals surface area contributed by atoms with E-state index in [1.54, 1.807) is 50.0 Å². The van der Waals surface area contributed by atoms with Crippen molar-refractivity contribution in [2.45, 2.75) is 37.4 Å². The van der Waals surface area contributed by atoms with Crippen LogP contribution >= 0.6 is 34.5 Å². The van der Waals surface area contributed by atoms with Crippen molar-refractivity contribution in [3.63, 3.8) is 0 Å². The lowest BCUT2D eigenvalue weighted by atomic mass is 10.1. The molecule has 3 heterocycles. The molecule has 33 heavy (non-hydrogen) atoms. The van der Waals surface area contributed by atoms with Crippen molar-refractivity contribution in [3.8, 4) is 27.9 Å². The Balaban J connectivity index is 1.65. The Labute approximate surface area is 205 Å². The van der Waals surface area contributed by atoms with Gasteiger partial charge < -0.3 is 0 Å². The van der Waals surface area contributed by atoms with E-state index >= 15 is 0 Å². The Bertz CT molecular complexity index is 1440.